The van der Waals surface area contributed by atoms with Crippen molar-refractivity contribution in [3.05, 3.63) is 23.8 Å². The van der Waals surface area contributed by atoms with Crippen LogP contribution in [0.1, 0.15) is 33.4 Å². The van der Waals surface area contributed by atoms with Gasteiger partial charge in [-0.15, -0.1) is 0 Å². The Bertz CT molecular complexity index is 348. The smallest absolute Gasteiger partial charge is 0.0948 e. The van der Waals surface area contributed by atoms with Gasteiger partial charge in [-0.2, -0.15) is 0 Å². The van der Waals surface area contributed by atoms with Crippen LogP contribution in [-0.2, 0) is 7.05 Å². The number of hydrogen-bond donors (Lipinski definition) is 1. The number of hydrogen-bond acceptors (Lipinski definition) is 2. The lowest BCUT2D eigenvalue weighted by Gasteiger charge is -2.15. The van der Waals surface area contributed by atoms with Crippen LogP contribution in [0.5, 0.6) is 0 Å². The quantitative estimate of drug-likeness (QED) is 0.827. The third-order valence-corrected chi connectivity index (χ3v) is 2.64. The molecule has 0 aliphatic rings. The molecule has 0 atom stereocenters. The molecule has 90 valence electrons. The van der Waals surface area contributed by atoms with E-state index in [-0.39, 0.29) is 0 Å². The van der Waals surface area contributed by atoms with Crippen LogP contribution < -0.4 is 5.32 Å². The van der Waals surface area contributed by atoms with Gasteiger partial charge in [0.2, 0.25) is 0 Å². The first-order chi connectivity index (χ1) is 7.50. The summed E-state index contributed by atoms with van der Waals surface area (Å²) in [5.41, 5.74) is 2.58. The maximum atomic E-state index is 4.13. The van der Waals surface area contributed by atoms with E-state index in [9.17, 15) is 0 Å². The molecule has 0 spiro atoms. The van der Waals surface area contributed by atoms with Crippen molar-refractivity contribution in [2.24, 2.45) is 13.0 Å². The van der Waals surface area contributed by atoms with Crippen LogP contribution in [0.4, 0.5) is 0 Å². The van der Waals surface area contributed by atoms with Gasteiger partial charge >= 0.3 is 0 Å². The Morgan fingerprint density at radius 1 is 1.44 bits per heavy atom. The Labute approximate surface area is 98.6 Å². The van der Waals surface area contributed by atoms with Gasteiger partial charge in [0.25, 0.3) is 0 Å². The first-order valence-electron chi connectivity index (χ1n) is 5.91. The van der Waals surface area contributed by atoms with Crippen LogP contribution >= 0.6 is 0 Å². The molecular formula is C13H23N3. The average molecular weight is 221 g/mol. The molecule has 3 heteroatoms. The van der Waals surface area contributed by atoms with Crippen LogP contribution in [0.3, 0.4) is 0 Å². The van der Waals surface area contributed by atoms with Crippen LogP contribution in [0, 0.1) is 5.92 Å². The van der Waals surface area contributed by atoms with E-state index in [1.165, 1.54) is 5.57 Å². The second-order valence-corrected chi connectivity index (χ2v) is 4.84. The second kappa shape index (κ2) is 5.85. The summed E-state index contributed by atoms with van der Waals surface area (Å²) >= 11 is 0. The van der Waals surface area contributed by atoms with Gasteiger partial charge in [0.05, 0.1) is 18.2 Å². The highest BCUT2D eigenvalue weighted by molar-refractivity contribution is 5.49. The van der Waals surface area contributed by atoms with Gasteiger partial charge in [-0.1, -0.05) is 33.3 Å². The van der Waals surface area contributed by atoms with Crippen LogP contribution in [0.25, 0.3) is 6.08 Å². The molecule has 0 saturated carbocycles. The van der Waals surface area contributed by atoms with Gasteiger partial charge in [-0.3, -0.25) is 0 Å². The summed E-state index contributed by atoms with van der Waals surface area (Å²) < 4.78 is 2.04. The monoisotopic (exact) mass is 221 g/mol. The summed E-state index contributed by atoms with van der Waals surface area (Å²) in [6.07, 6.45) is 5.96. The van der Waals surface area contributed by atoms with E-state index in [0.717, 1.165) is 12.2 Å². The van der Waals surface area contributed by atoms with E-state index >= 15 is 0 Å². The lowest BCUT2D eigenvalue weighted by Crippen LogP contribution is -2.26. The molecule has 3 nitrogen and oxygen atoms in total. The highest BCUT2D eigenvalue weighted by atomic mass is 15.0. The molecule has 16 heavy (non-hydrogen) atoms. The van der Waals surface area contributed by atoms with Crippen LogP contribution in [0.2, 0.25) is 0 Å². The van der Waals surface area contributed by atoms with E-state index in [1.54, 1.807) is 0 Å². The van der Waals surface area contributed by atoms with Gasteiger partial charge in [0.15, 0.2) is 0 Å². The molecule has 1 rings (SSSR count). The molecule has 1 N–H and O–H groups in total. The van der Waals surface area contributed by atoms with E-state index in [1.807, 2.05) is 24.1 Å². The Kier molecular flexibility index (Phi) is 4.74. The zero-order valence-corrected chi connectivity index (χ0v) is 11.0. The molecule has 0 bridgehead atoms. The molecule has 1 heterocycles. The number of aromatic nitrogens is 2. The van der Waals surface area contributed by atoms with Crippen molar-refractivity contribution in [3.63, 3.8) is 0 Å². The summed E-state index contributed by atoms with van der Waals surface area (Å²) in [5, 5.41) is 3.46. The minimum absolute atomic E-state index is 0.522. The molecule has 0 amide bonds. The Morgan fingerprint density at radius 2 is 2.12 bits per heavy atom. The molecule has 1 aromatic rings. The van der Waals surface area contributed by atoms with Gasteiger partial charge in [-0.05, 0) is 12.0 Å². The predicted molar refractivity (Wildman–Crippen MR) is 69.2 cm³/mol. The molecule has 0 radical (unpaired) electrons. The number of nitrogens with zero attached hydrogens (tertiary/aromatic N) is 2. The molecule has 0 fully saturated rings. The summed E-state index contributed by atoms with van der Waals surface area (Å²) in [7, 11) is 2.02. The zero-order valence-electron chi connectivity index (χ0n) is 11.0. The zero-order chi connectivity index (χ0) is 12.1. The molecule has 0 unspecified atom stereocenters. The van der Waals surface area contributed by atoms with E-state index in [0.29, 0.717) is 12.0 Å². The lowest BCUT2D eigenvalue weighted by atomic mass is 10.0. The number of imidazole rings is 1. The predicted octanol–water partition coefficient (Wildman–Crippen LogP) is 2.46. The third kappa shape index (κ3) is 3.81. The van der Waals surface area contributed by atoms with Crippen molar-refractivity contribution < 1.29 is 0 Å². The number of aryl methyl sites for hydroxylation is 1. The summed E-state index contributed by atoms with van der Waals surface area (Å²) in [5.74, 6) is 0.557. The maximum Gasteiger partial charge on any atom is 0.0948 e. The van der Waals surface area contributed by atoms with Gasteiger partial charge in [0, 0.05) is 19.6 Å². The fourth-order valence-electron chi connectivity index (χ4n) is 1.44. The standard InChI is InChI=1S/C13H23N3/c1-10(2)12(7-15-11(3)4)6-13-8-14-9-16(13)5/h6,8-11,15H,7H2,1-5H3. The molecule has 1 aromatic heterocycles. The summed E-state index contributed by atoms with van der Waals surface area (Å²) in [4.78, 5) is 4.13. The Balaban J connectivity index is 2.77. The highest BCUT2D eigenvalue weighted by Gasteiger charge is 2.05. The fraction of sp³-hybridized carbons (Fsp3) is 0.615. The summed E-state index contributed by atoms with van der Waals surface area (Å²) in [6, 6.07) is 0.522. The van der Waals surface area contributed by atoms with E-state index in [2.05, 4.69) is 44.1 Å². The Morgan fingerprint density at radius 3 is 2.56 bits per heavy atom. The first-order valence-corrected chi connectivity index (χ1v) is 5.91. The molecule has 0 aliphatic carbocycles. The van der Waals surface area contributed by atoms with Crippen molar-refractivity contribution in [3.8, 4) is 0 Å². The number of nitrogens with one attached hydrogen (secondary N) is 1. The van der Waals surface area contributed by atoms with Gasteiger partial charge in [0.1, 0.15) is 0 Å². The van der Waals surface area contributed by atoms with Crippen LogP contribution in [-0.4, -0.2) is 22.1 Å². The van der Waals surface area contributed by atoms with Crippen molar-refractivity contribution in [2.45, 2.75) is 33.7 Å². The largest absolute Gasteiger partial charge is 0.334 e. The minimum atomic E-state index is 0.522. The molecule has 0 aliphatic heterocycles. The third-order valence-electron chi connectivity index (χ3n) is 2.64. The highest BCUT2D eigenvalue weighted by Crippen LogP contribution is 2.13. The normalized spacial score (nSPS) is 12.8. The van der Waals surface area contributed by atoms with E-state index < -0.39 is 0 Å². The van der Waals surface area contributed by atoms with Gasteiger partial charge in [-0.25, -0.2) is 4.98 Å². The molecule has 0 aromatic carbocycles. The van der Waals surface area contributed by atoms with E-state index in [4.69, 9.17) is 0 Å². The van der Waals surface area contributed by atoms with Crippen molar-refractivity contribution >= 4 is 6.08 Å². The summed E-state index contributed by atoms with van der Waals surface area (Å²) in [6.45, 7) is 9.74. The van der Waals surface area contributed by atoms with Crippen molar-refractivity contribution in [1.29, 1.82) is 0 Å². The fourth-order valence-corrected chi connectivity index (χ4v) is 1.44. The molecular weight excluding hydrogens is 198 g/mol. The van der Waals surface area contributed by atoms with Crippen LogP contribution in [0.15, 0.2) is 18.1 Å². The van der Waals surface area contributed by atoms with Crippen molar-refractivity contribution in [2.75, 3.05) is 6.54 Å². The lowest BCUT2D eigenvalue weighted by molar-refractivity contribution is 0.592. The Hall–Kier alpha value is -1.09. The number of rotatable bonds is 5. The van der Waals surface area contributed by atoms with Gasteiger partial charge < -0.3 is 9.88 Å². The topological polar surface area (TPSA) is 29.9 Å². The molecule has 0 saturated heterocycles. The SMILES string of the molecule is CC(C)NCC(=Cc1cncn1C)C(C)C. The van der Waals surface area contributed by atoms with Crippen molar-refractivity contribution in [1.82, 2.24) is 14.9 Å². The maximum absolute atomic E-state index is 4.13. The minimum Gasteiger partial charge on any atom is -0.334 e. The second-order valence-electron chi connectivity index (χ2n) is 4.84. The average Bonchev–Trinajstić information content (AvgIpc) is 2.58. The first kappa shape index (κ1) is 13.0.